The Bertz CT molecular complexity index is 1270. The maximum atomic E-state index is 13.6. The van der Waals surface area contributed by atoms with E-state index < -0.39 is 11.8 Å². The second kappa shape index (κ2) is 8.06. The van der Waals surface area contributed by atoms with Crippen LogP contribution in [0.5, 0.6) is 5.75 Å². The molecule has 6 heteroatoms. The molecular formula is C28H21BrN2O3. The lowest BCUT2D eigenvalue weighted by Gasteiger charge is -2.45. The van der Waals surface area contributed by atoms with Crippen molar-refractivity contribution in [2.75, 3.05) is 6.61 Å². The largest absolute Gasteiger partial charge is 0.489 e. The van der Waals surface area contributed by atoms with E-state index in [9.17, 15) is 9.59 Å². The summed E-state index contributed by atoms with van der Waals surface area (Å²) < 4.78 is 6.56. The Balaban J connectivity index is 1.40. The van der Waals surface area contributed by atoms with Crippen LogP contribution < -0.4 is 4.74 Å². The van der Waals surface area contributed by atoms with E-state index in [0.717, 1.165) is 31.7 Å². The van der Waals surface area contributed by atoms with Gasteiger partial charge >= 0.3 is 0 Å². The molecule has 1 heterocycles. The molecule has 0 radical (unpaired) electrons. The molecule has 0 aromatic heterocycles. The fourth-order valence-electron chi connectivity index (χ4n) is 5.80. The van der Waals surface area contributed by atoms with E-state index in [0.29, 0.717) is 17.9 Å². The van der Waals surface area contributed by atoms with Crippen molar-refractivity contribution in [1.82, 2.24) is 5.01 Å². The average Bonchev–Trinajstić information content (AvgIpc) is 3.12. The molecule has 2 amide bonds. The van der Waals surface area contributed by atoms with Crippen LogP contribution in [0.15, 0.2) is 89.0 Å². The molecule has 7 rings (SSSR count). The quantitative estimate of drug-likeness (QED) is 0.267. The predicted octanol–water partition coefficient (Wildman–Crippen LogP) is 5.24. The van der Waals surface area contributed by atoms with E-state index in [1.54, 1.807) is 6.08 Å². The molecule has 0 N–H and O–H groups in total. The maximum absolute atomic E-state index is 13.6. The van der Waals surface area contributed by atoms with Crippen molar-refractivity contribution in [3.05, 3.63) is 112 Å². The highest BCUT2D eigenvalue weighted by Gasteiger charge is 2.61. The lowest BCUT2D eigenvalue weighted by Crippen LogP contribution is -2.41. The summed E-state index contributed by atoms with van der Waals surface area (Å²) >= 11 is 3.46. The van der Waals surface area contributed by atoms with E-state index in [2.05, 4.69) is 51.9 Å². The zero-order valence-corrected chi connectivity index (χ0v) is 19.8. The van der Waals surface area contributed by atoms with Crippen LogP contribution in [-0.4, -0.2) is 29.6 Å². The zero-order valence-electron chi connectivity index (χ0n) is 18.2. The third kappa shape index (κ3) is 3.02. The Morgan fingerprint density at radius 2 is 1.41 bits per heavy atom. The summed E-state index contributed by atoms with van der Waals surface area (Å²) in [5.74, 6) is -1.06. The Labute approximate surface area is 205 Å². The number of nitrogens with zero attached hydrogens (tertiary/aromatic N) is 2. The molecule has 34 heavy (non-hydrogen) atoms. The summed E-state index contributed by atoms with van der Waals surface area (Å²) in [7, 11) is 0. The first-order chi connectivity index (χ1) is 16.6. The molecule has 2 atom stereocenters. The SMILES string of the molecule is C=CCOc1ccc(Br)cc1/C=N/N1C(=O)C2C3c4ccccc4C(c4ccccc43)C2C1=O. The molecule has 1 aliphatic heterocycles. The topological polar surface area (TPSA) is 59.0 Å². The number of carbonyl (C=O) groups excluding carboxylic acids is 2. The van der Waals surface area contributed by atoms with Gasteiger partial charge in [-0.1, -0.05) is 77.1 Å². The van der Waals surface area contributed by atoms with Gasteiger partial charge in [-0.3, -0.25) is 9.59 Å². The molecule has 2 bridgehead atoms. The third-order valence-corrected chi connectivity index (χ3v) is 7.56. The average molecular weight is 513 g/mol. The number of amides is 2. The van der Waals surface area contributed by atoms with E-state index >= 15 is 0 Å². The van der Waals surface area contributed by atoms with Gasteiger partial charge in [-0.2, -0.15) is 10.1 Å². The first kappa shape index (κ1) is 21.1. The summed E-state index contributed by atoms with van der Waals surface area (Å²) in [5.41, 5.74) is 5.25. The van der Waals surface area contributed by atoms with Crippen molar-refractivity contribution >= 4 is 34.0 Å². The van der Waals surface area contributed by atoms with Gasteiger partial charge in [-0.25, -0.2) is 0 Å². The van der Waals surface area contributed by atoms with Crippen molar-refractivity contribution in [3.63, 3.8) is 0 Å². The van der Waals surface area contributed by atoms with Crippen molar-refractivity contribution in [1.29, 1.82) is 0 Å². The van der Waals surface area contributed by atoms with E-state index in [4.69, 9.17) is 4.74 Å². The molecule has 1 fully saturated rings. The van der Waals surface area contributed by atoms with Gasteiger partial charge < -0.3 is 4.74 Å². The summed E-state index contributed by atoms with van der Waals surface area (Å²) in [6, 6.07) is 21.9. The van der Waals surface area contributed by atoms with Crippen LogP contribution in [0.1, 0.15) is 39.7 Å². The van der Waals surface area contributed by atoms with Crippen LogP contribution in [0.25, 0.3) is 0 Å². The van der Waals surface area contributed by atoms with Crippen molar-refractivity contribution in [2.24, 2.45) is 16.9 Å². The van der Waals surface area contributed by atoms with Gasteiger partial charge in [0.05, 0.1) is 18.1 Å². The molecule has 3 aliphatic carbocycles. The van der Waals surface area contributed by atoms with E-state index in [1.807, 2.05) is 42.5 Å². The van der Waals surface area contributed by atoms with Crippen LogP contribution in [0.4, 0.5) is 0 Å². The van der Waals surface area contributed by atoms with Crippen LogP contribution in [0.2, 0.25) is 0 Å². The Morgan fingerprint density at radius 3 is 1.91 bits per heavy atom. The molecular weight excluding hydrogens is 492 g/mol. The van der Waals surface area contributed by atoms with Crippen molar-refractivity contribution < 1.29 is 14.3 Å². The number of imide groups is 1. The minimum atomic E-state index is -0.446. The van der Waals surface area contributed by atoms with E-state index in [1.165, 1.54) is 6.21 Å². The number of ether oxygens (including phenoxy) is 1. The highest BCUT2D eigenvalue weighted by molar-refractivity contribution is 9.10. The van der Waals surface area contributed by atoms with Gasteiger partial charge in [0.25, 0.3) is 11.8 Å². The van der Waals surface area contributed by atoms with Crippen LogP contribution in [-0.2, 0) is 9.59 Å². The Kier molecular flexibility index (Phi) is 4.99. The van der Waals surface area contributed by atoms with E-state index in [-0.39, 0.29) is 23.7 Å². The first-order valence-electron chi connectivity index (χ1n) is 11.2. The highest BCUT2D eigenvalue weighted by Crippen LogP contribution is 2.60. The Hall–Kier alpha value is -3.51. The summed E-state index contributed by atoms with van der Waals surface area (Å²) in [5, 5.41) is 5.47. The fraction of sp³-hybridized carbons (Fsp3) is 0.179. The molecule has 0 spiro atoms. The molecule has 2 unspecified atom stereocenters. The number of hydrazone groups is 1. The molecule has 0 saturated carbocycles. The Morgan fingerprint density at radius 1 is 0.882 bits per heavy atom. The predicted molar refractivity (Wildman–Crippen MR) is 133 cm³/mol. The van der Waals surface area contributed by atoms with Gasteiger partial charge in [0.2, 0.25) is 0 Å². The lowest BCUT2D eigenvalue weighted by atomic mass is 9.55. The number of halogens is 1. The molecule has 168 valence electrons. The maximum Gasteiger partial charge on any atom is 0.254 e. The lowest BCUT2D eigenvalue weighted by molar-refractivity contribution is -0.139. The van der Waals surface area contributed by atoms with Crippen LogP contribution >= 0.6 is 15.9 Å². The second-order valence-electron chi connectivity index (χ2n) is 8.78. The van der Waals surface area contributed by atoms with Gasteiger partial charge in [0.1, 0.15) is 12.4 Å². The second-order valence-corrected chi connectivity index (χ2v) is 9.70. The zero-order chi connectivity index (χ0) is 23.4. The number of hydrogen-bond donors (Lipinski definition) is 0. The monoisotopic (exact) mass is 512 g/mol. The highest BCUT2D eigenvalue weighted by atomic mass is 79.9. The number of hydrogen-bond acceptors (Lipinski definition) is 4. The molecule has 3 aromatic carbocycles. The number of rotatable bonds is 5. The number of carbonyl (C=O) groups is 2. The van der Waals surface area contributed by atoms with Crippen LogP contribution in [0.3, 0.4) is 0 Å². The van der Waals surface area contributed by atoms with Gasteiger partial charge in [0.15, 0.2) is 0 Å². The minimum absolute atomic E-state index is 0.142. The first-order valence-corrected chi connectivity index (χ1v) is 12.0. The third-order valence-electron chi connectivity index (χ3n) is 7.07. The van der Waals surface area contributed by atoms with Gasteiger partial charge in [-0.05, 0) is 40.5 Å². The number of benzene rings is 3. The molecule has 4 aliphatic rings. The molecule has 5 nitrogen and oxygen atoms in total. The normalized spacial score (nSPS) is 24.2. The minimum Gasteiger partial charge on any atom is -0.489 e. The van der Waals surface area contributed by atoms with Gasteiger partial charge in [0, 0.05) is 21.9 Å². The molecule has 3 aromatic rings. The van der Waals surface area contributed by atoms with Crippen molar-refractivity contribution in [3.8, 4) is 5.75 Å². The van der Waals surface area contributed by atoms with Crippen molar-refractivity contribution in [2.45, 2.75) is 11.8 Å². The summed E-state index contributed by atoms with van der Waals surface area (Å²) in [6.45, 7) is 4.02. The standard InChI is InChI=1S/C28H21BrN2O3/c1-2-13-34-22-12-11-17(29)14-16(22)15-30-31-27(32)25-23-18-7-3-4-8-19(18)24(26(25)28(31)33)21-10-6-5-9-20(21)23/h2-12,14-15,23-26H,1,13H2/b30-15+. The fourth-order valence-corrected chi connectivity index (χ4v) is 6.17. The smallest absolute Gasteiger partial charge is 0.254 e. The van der Waals surface area contributed by atoms with Gasteiger partial charge in [-0.15, -0.1) is 0 Å². The van der Waals surface area contributed by atoms with Crippen LogP contribution in [0, 0.1) is 11.8 Å². The summed E-state index contributed by atoms with van der Waals surface area (Å²) in [4.78, 5) is 27.3. The summed E-state index contributed by atoms with van der Waals surface area (Å²) in [6.07, 6.45) is 3.19. The molecule has 1 saturated heterocycles.